The molecule has 0 radical (unpaired) electrons. The quantitative estimate of drug-likeness (QED) is 0.781. The van der Waals surface area contributed by atoms with E-state index in [1.165, 1.54) is 0 Å². The number of rotatable bonds is 7. The number of amides is 1. The van der Waals surface area contributed by atoms with Crippen LogP contribution in [0.3, 0.4) is 0 Å². The van der Waals surface area contributed by atoms with Gasteiger partial charge in [-0.05, 0) is 36.6 Å². The SMILES string of the molecule is O=C(NC(CC1CC1)C(=O)O)c1ccc(S(=O)(=O)C(F)F)cc1. The number of carbonyl (C=O) groups is 2. The summed E-state index contributed by atoms with van der Waals surface area (Å²) in [4.78, 5) is 22.5. The van der Waals surface area contributed by atoms with Gasteiger partial charge >= 0.3 is 11.7 Å². The Morgan fingerprint density at radius 2 is 1.78 bits per heavy atom. The maximum absolute atomic E-state index is 12.4. The minimum atomic E-state index is -4.72. The summed E-state index contributed by atoms with van der Waals surface area (Å²) in [5.74, 6) is -5.10. The van der Waals surface area contributed by atoms with Crippen molar-refractivity contribution < 1.29 is 31.9 Å². The molecule has 9 heteroatoms. The molecule has 2 rings (SSSR count). The fraction of sp³-hybridized carbons (Fsp3) is 0.429. The molecule has 1 saturated carbocycles. The summed E-state index contributed by atoms with van der Waals surface area (Å²) in [5.41, 5.74) is 0.000244. The number of carboxylic acid groups (broad SMARTS) is 1. The normalized spacial score (nSPS) is 16.1. The number of aliphatic carboxylic acids is 1. The fourth-order valence-electron chi connectivity index (χ4n) is 2.05. The first-order chi connectivity index (χ1) is 10.7. The summed E-state index contributed by atoms with van der Waals surface area (Å²) in [6, 6.07) is 2.90. The van der Waals surface area contributed by atoms with Crippen molar-refractivity contribution in [3.8, 4) is 0 Å². The highest BCUT2D eigenvalue weighted by Crippen LogP contribution is 2.33. The lowest BCUT2D eigenvalue weighted by Crippen LogP contribution is -2.41. The summed E-state index contributed by atoms with van der Waals surface area (Å²) >= 11 is 0. The van der Waals surface area contributed by atoms with E-state index in [-0.39, 0.29) is 11.5 Å². The Morgan fingerprint density at radius 1 is 1.22 bits per heavy atom. The van der Waals surface area contributed by atoms with Crippen molar-refractivity contribution in [2.45, 2.75) is 36.0 Å². The number of hydrogen-bond donors (Lipinski definition) is 2. The van der Waals surface area contributed by atoms with Crippen LogP contribution >= 0.6 is 0 Å². The summed E-state index contributed by atoms with van der Waals surface area (Å²) in [6.07, 6.45) is 2.19. The molecule has 0 bridgehead atoms. The van der Waals surface area contributed by atoms with Gasteiger partial charge in [-0.1, -0.05) is 12.8 Å². The number of hydrogen-bond acceptors (Lipinski definition) is 4. The summed E-state index contributed by atoms with van der Waals surface area (Å²) in [6.45, 7) is 0. The Hall–Kier alpha value is -2.03. The third-order valence-corrected chi connectivity index (χ3v) is 4.95. The Bertz CT molecular complexity index is 698. The minimum Gasteiger partial charge on any atom is -0.480 e. The van der Waals surface area contributed by atoms with Gasteiger partial charge in [0.1, 0.15) is 6.04 Å². The number of sulfone groups is 1. The van der Waals surface area contributed by atoms with Crippen LogP contribution in [-0.2, 0) is 14.6 Å². The molecule has 1 unspecified atom stereocenters. The smallest absolute Gasteiger partial charge is 0.341 e. The van der Waals surface area contributed by atoms with E-state index in [0.29, 0.717) is 6.42 Å². The Labute approximate surface area is 131 Å². The highest BCUT2D eigenvalue weighted by molar-refractivity contribution is 7.91. The molecular weight excluding hydrogens is 332 g/mol. The van der Waals surface area contributed by atoms with Gasteiger partial charge in [0, 0.05) is 5.56 Å². The number of carboxylic acids is 1. The van der Waals surface area contributed by atoms with Crippen molar-refractivity contribution in [2.75, 3.05) is 0 Å². The monoisotopic (exact) mass is 347 g/mol. The number of alkyl halides is 2. The minimum absolute atomic E-state index is 0.000244. The Balaban J connectivity index is 2.09. The lowest BCUT2D eigenvalue weighted by Gasteiger charge is -2.14. The molecular formula is C14H15F2NO5S. The average Bonchev–Trinajstić information content (AvgIpc) is 3.30. The first kappa shape index (κ1) is 17.3. The van der Waals surface area contributed by atoms with E-state index in [4.69, 9.17) is 5.11 Å². The van der Waals surface area contributed by atoms with Crippen molar-refractivity contribution in [3.05, 3.63) is 29.8 Å². The molecule has 6 nitrogen and oxygen atoms in total. The van der Waals surface area contributed by atoms with Crippen LogP contribution in [0.1, 0.15) is 29.6 Å². The van der Waals surface area contributed by atoms with Gasteiger partial charge in [0.2, 0.25) is 9.84 Å². The molecule has 0 spiro atoms. The predicted molar refractivity (Wildman–Crippen MR) is 75.9 cm³/mol. The highest BCUT2D eigenvalue weighted by atomic mass is 32.2. The van der Waals surface area contributed by atoms with Crippen molar-refractivity contribution in [1.29, 1.82) is 0 Å². The van der Waals surface area contributed by atoms with Gasteiger partial charge in [0.05, 0.1) is 4.90 Å². The Morgan fingerprint density at radius 3 is 2.22 bits per heavy atom. The topological polar surface area (TPSA) is 101 Å². The van der Waals surface area contributed by atoms with Gasteiger partial charge in [0.15, 0.2) is 0 Å². The molecule has 23 heavy (non-hydrogen) atoms. The molecule has 1 aromatic carbocycles. The molecule has 1 aliphatic rings. The molecule has 0 saturated heterocycles. The molecule has 0 heterocycles. The zero-order valence-electron chi connectivity index (χ0n) is 11.9. The third kappa shape index (κ3) is 4.25. The van der Waals surface area contributed by atoms with E-state index >= 15 is 0 Å². The molecule has 1 amide bonds. The van der Waals surface area contributed by atoms with Crippen LogP contribution in [0, 0.1) is 5.92 Å². The van der Waals surface area contributed by atoms with Gasteiger partial charge < -0.3 is 10.4 Å². The molecule has 1 atom stereocenters. The number of benzene rings is 1. The largest absolute Gasteiger partial charge is 0.480 e. The van der Waals surface area contributed by atoms with Crippen LogP contribution in [0.25, 0.3) is 0 Å². The number of carbonyl (C=O) groups excluding carboxylic acids is 1. The molecule has 0 aliphatic heterocycles. The van der Waals surface area contributed by atoms with Crippen LogP contribution in [0.5, 0.6) is 0 Å². The summed E-state index contributed by atoms with van der Waals surface area (Å²) in [7, 11) is -4.72. The summed E-state index contributed by atoms with van der Waals surface area (Å²) in [5, 5.41) is 11.4. The van der Waals surface area contributed by atoms with Gasteiger partial charge in [0.25, 0.3) is 5.91 Å². The molecule has 2 N–H and O–H groups in total. The second kappa shape index (κ2) is 6.61. The van der Waals surface area contributed by atoms with E-state index in [0.717, 1.165) is 37.1 Å². The lowest BCUT2D eigenvalue weighted by atomic mass is 10.1. The molecule has 1 aliphatic carbocycles. The zero-order valence-corrected chi connectivity index (χ0v) is 12.7. The maximum atomic E-state index is 12.4. The van der Waals surface area contributed by atoms with Gasteiger partial charge in [-0.25, -0.2) is 13.2 Å². The van der Waals surface area contributed by atoms with Gasteiger partial charge in [-0.15, -0.1) is 0 Å². The van der Waals surface area contributed by atoms with Crippen LogP contribution in [-0.4, -0.2) is 37.2 Å². The second-order valence-electron chi connectivity index (χ2n) is 5.37. The van der Waals surface area contributed by atoms with Crippen LogP contribution in [0.15, 0.2) is 29.2 Å². The van der Waals surface area contributed by atoms with Crippen LogP contribution in [0.4, 0.5) is 8.78 Å². The maximum Gasteiger partial charge on any atom is 0.341 e. The third-order valence-electron chi connectivity index (χ3n) is 3.55. The molecule has 0 aromatic heterocycles. The summed E-state index contributed by atoms with van der Waals surface area (Å²) < 4.78 is 47.4. The Kier molecular flexibility index (Phi) is 4.98. The lowest BCUT2D eigenvalue weighted by molar-refractivity contribution is -0.139. The second-order valence-corrected chi connectivity index (χ2v) is 7.29. The first-order valence-corrected chi connectivity index (χ1v) is 8.42. The van der Waals surface area contributed by atoms with Gasteiger partial charge in [-0.2, -0.15) is 8.78 Å². The standard InChI is InChI=1S/C14H15F2NO5S/c15-14(16)23(21,22)10-5-3-9(4-6-10)12(18)17-11(13(19)20)7-8-1-2-8/h3-6,8,11,14H,1-2,7H2,(H,17,18)(H,19,20). The van der Waals surface area contributed by atoms with E-state index in [9.17, 15) is 26.8 Å². The van der Waals surface area contributed by atoms with Crippen LogP contribution < -0.4 is 5.32 Å². The molecule has 1 fully saturated rings. The average molecular weight is 347 g/mol. The van der Waals surface area contributed by atoms with Crippen LogP contribution in [0.2, 0.25) is 0 Å². The van der Waals surface area contributed by atoms with E-state index < -0.39 is 38.4 Å². The van der Waals surface area contributed by atoms with E-state index in [1.54, 1.807) is 0 Å². The van der Waals surface area contributed by atoms with Crippen molar-refractivity contribution in [1.82, 2.24) is 5.32 Å². The van der Waals surface area contributed by atoms with Gasteiger partial charge in [-0.3, -0.25) is 4.79 Å². The predicted octanol–water partition coefficient (Wildman–Crippen LogP) is 1.67. The van der Waals surface area contributed by atoms with Crippen molar-refractivity contribution in [3.63, 3.8) is 0 Å². The first-order valence-electron chi connectivity index (χ1n) is 6.87. The number of nitrogens with one attached hydrogen (secondary N) is 1. The fourth-order valence-corrected chi connectivity index (χ4v) is 2.77. The van der Waals surface area contributed by atoms with Crippen molar-refractivity contribution >= 4 is 21.7 Å². The zero-order chi connectivity index (χ0) is 17.2. The number of halogens is 2. The molecule has 126 valence electrons. The molecule has 1 aromatic rings. The van der Waals surface area contributed by atoms with E-state index in [1.807, 2.05) is 0 Å². The van der Waals surface area contributed by atoms with E-state index in [2.05, 4.69) is 5.32 Å². The van der Waals surface area contributed by atoms with Crippen molar-refractivity contribution in [2.24, 2.45) is 5.92 Å². The highest BCUT2D eigenvalue weighted by Gasteiger charge is 2.31.